The Balaban J connectivity index is 1.48. The molecule has 4 aliphatic rings. The molecule has 0 spiro atoms. The molecule has 23 heavy (non-hydrogen) atoms. The van der Waals surface area contributed by atoms with Crippen molar-refractivity contribution in [1.29, 1.82) is 0 Å². The number of amides is 2. The van der Waals surface area contributed by atoms with Gasteiger partial charge >= 0.3 is 0 Å². The maximum absolute atomic E-state index is 13.1. The highest BCUT2D eigenvalue weighted by molar-refractivity contribution is 5.89. The first-order chi connectivity index (χ1) is 10.9. The Morgan fingerprint density at radius 2 is 2.00 bits per heavy atom. The van der Waals surface area contributed by atoms with Crippen molar-refractivity contribution in [3.63, 3.8) is 0 Å². The Hall–Kier alpha value is -1.84. The molecular weight excluding hydrogens is 288 g/mol. The molecule has 3 saturated carbocycles. The number of benzene rings is 1. The summed E-state index contributed by atoms with van der Waals surface area (Å²) in [4.78, 5) is 26.5. The minimum absolute atomic E-state index is 0.0181. The van der Waals surface area contributed by atoms with E-state index in [9.17, 15) is 9.59 Å². The van der Waals surface area contributed by atoms with Crippen LogP contribution in [0.5, 0.6) is 0 Å². The van der Waals surface area contributed by atoms with Crippen LogP contribution < -0.4 is 5.32 Å². The van der Waals surface area contributed by atoms with Gasteiger partial charge in [-0.15, -0.1) is 0 Å². The third-order valence-electron chi connectivity index (χ3n) is 5.87. The molecule has 4 heteroatoms. The van der Waals surface area contributed by atoms with E-state index in [1.54, 1.807) is 6.92 Å². The van der Waals surface area contributed by atoms with Crippen molar-refractivity contribution in [3.05, 3.63) is 35.4 Å². The summed E-state index contributed by atoms with van der Waals surface area (Å²) in [5.41, 5.74) is 2.26. The van der Waals surface area contributed by atoms with Crippen molar-refractivity contribution in [1.82, 2.24) is 10.2 Å². The zero-order chi connectivity index (χ0) is 16.2. The summed E-state index contributed by atoms with van der Waals surface area (Å²) in [7, 11) is 0. The average molecular weight is 312 g/mol. The molecule has 2 bridgehead atoms. The van der Waals surface area contributed by atoms with Crippen LogP contribution in [0.3, 0.4) is 0 Å². The number of carbonyl (C=O) groups excluding carboxylic acids is 2. The van der Waals surface area contributed by atoms with E-state index in [0.717, 1.165) is 38.6 Å². The molecule has 1 N–H and O–H groups in total. The highest BCUT2D eigenvalue weighted by Gasteiger charge is 2.72. The van der Waals surface area contributed by atoms with Gasteiger partial charge in [0.05, 0.1) is 11.5 Å². The molecule has 1 atom stereocenters. The highest BCUT2D eigenvalue weighted by atomic mass is 16.2. The van der Waals surface area contributed by atoms with E-state index in [1.807, 2.05) is 0 Å². The third-order valence-corrected chi connectivity index (χ3v) is 5.87. The zero-order valence-corrected chi connectivity index (χ0v) is 13.9. The monoisotopic (exact) mass is 312 g/mol. The molecule has 4 fully saturated rings. The van der Waals surface area contributed by atoms with Gasteiger partial charge in [-0.3, -0.25) is 9.59 Å². The first kappa shape index (κ1) is 14.7. The Morgan fingerprint density at radius 3 is 2.65 bits per heavy atom. The predicted octanol–water partition coefficient (Wildman–Crippen LogP) is 2.72. The fraction of sp³-hybridized carbons (Fsp3) is 0.579. The minimum Gasteiger partial charge on any atom is -0.351 e. The van der Waals surface area contributed by atoms with Gasteiger partial charge < -0.3 is 10.2 Å². The first-order valence-electron chi connectivity index (χ1n) is 8.60. The number of nitrogens with one attached hydrogen (secondary N) is 1. The second kappa shape index (κ2) is 4.83. The lowest BCUT2D eigenvalue weighted by Gasteiger charge is -2.69. The van der Waals surface area contributed by atoms with Gasteiger partial charge in [0.2, 0.25) is 11.8 Å². The number of nitrogens with zero attached hydrogens (tertiary/aromatic N) is 1. The molecule has 1 aromatic carbocycles. The van der Waals surface area contributed by atoms with Crippen molar-refractivity contribution in [2.24, 2.45) is 5.41 Å². The second-order valence-electron chi connectivity index (χ2n) is 7.84. The fourth-order valence-electron chi connectivity index (χ4n) is 5.06. The second-order valence-corrected chi connectivity index (χ2v) is 7.84. The number of hydrogen-bond donors (Lipinski definition) is 1. The maximum Gasteiger partial charge on any atom is 0.229 e. The molecule has 1 saturated heterocycles. The van der Waals surface area contributed by atoms with E-state index in [1.165, 1.54) is 11.1 Å². The molecule has 122 valence electrons. The molecular formula is C19H24N2O2. The largest absolute Gasteiger partial charge is 0.351 e. The summed E-state index contributed by atoms with van der Waals surface area (Å²) >= 11 is 0. The van der Waals surface area contributed by atoms with Crippen LogP contribution in [0, 0.1) is 12.3 Å². The van der Waals surface area contributed by atoms with E-state index in [4.69, 9.17) is 0 Å². The summed E-state index contributed by atoms with van der Waals surface area (Å²) in [6.45, 7) is 4.53. The standard InChI is InChI=1S/C19H24N2O2/c1-13-5-3-6-15(9-13)16-7-4-8-21(16)17(23)18-10-19(11-18,12-18)20-14(2)22/h3,5-6,9,16H,4,7-8,10-12H2,1-2H3,(H,20,22). The molecule has 4 nitrogen and oxygen atoms in total. The van der Waals surface area contributed by atoms with Gasteiger partial charge in [0.1, 0.15) is 0 Å². The number of aryl methyl sites for hydroxylation is 1. The summed E-state index contributed by atoms with van der Waals surface area (Å²) < 4.78 is 0. The number of carbonyl (C=O) groups is 2. The lowest BCUT2D eigenvalue weighted by atomic mass is 9.39. The SMILES string of the molecule is CC(=O)NC12CC(C(=O)N3CCCC3c3cccc(C)c3)(C1)C2. The maximum atomic E-state index is 13.1. The molecule has 1 unspecified atom stereocenters. The van der Waals surface area contributed by atoms with E-state index in [2.05, 4.69) is 41.4 Å². The molecule has 0 aromatic heterocycles. The predicted molar refractivity (Wildman–Crippen MR) is 87.7 cm³/mol. The van der Waals surface area contributed by atoms with Crippen molar-refractivity contribution < 1.29 is 9.59 Å². The highest BCUT2D eigenvalue weighted by Crippen LogP contribution is 2.68. The van der Waals surface area contributed by atoms with Crippen LogP contribution in [-0.4, -0.2) is 28.8 Å². The summed E-state index contributed by atoms with van der Waals surface area (Å²) in [5, 5.41) is 3.03. The Labute approximate surface area is 137 Å². The average Bonchev–Trinajstić information content (AvgIpc) is 2.89. The van der Waals surface area contributed by atoms with Gasteiger partial charge in [0.25, 0.3) is 0 Å². The van der Waals surface area contributed by atoms with Gasteiger partial charge in [0, 0.05) is 19.0 Å². The molecule has 1 aliphatic heterocycles. The van der Waals surface area contributed by atoms with Gasteiger partial charge in [-0.1, -0.05) is 29.8 Å². The van der Waals surface area contributed by atoms with Gasteiger partial charge in [-0.2, -0.15) is 0 Å². The smallest absolute Gasteiger partial charge is 0.229 e. The van der Waals surface area contributed by atoms with Gasteiger partial charge in [0.15, 0.2) is 0 Å². The number of likely N-dealkylation sites (tertiary alicyclic amines) is 1. The van der Waals surface area contributed by atoms with Gasteiger partial charge in [-0.05, 0) is 44.6 Å². The van der Waals surface area contributed by atoms with Crippen LogP contribution >= 0.6 is 0 Å². The van der Waals surface area contributed by atoms with Crippen LogP contribution in [0.25, 0.3) is 0 Å². The Bertz CT molecular complexity index is 662. The van der Waals surface area contributed by atoms with Gasteiger partial charge in [-0.25, -0.2) is 0 Å². The Morgan fingerprint density at radius 1 is 1.26 bits per heavy atom. The molecule has 2 amide bonds. The lowest BCUT2D eigenvalue weighted by molar-refractivity contribution is -0.193. The summed E-state index contributed by atoms with van der Waals surface area (Å²) in [6.07, 6.45) is 4.62. The van der Waals surface area contributed by atoms with E-state index >= 15 is 0 Å². The van der Waals surface area contributed by atoms with E-state index < -0.39 is 0 Å². The Kier molecular flexibility index (Phi) is 3.09. The fourth-order valence-corrected chi connectivity index (χ4v) is 5.06. The topological polar surface area (TPSA) is 49.4 Å². The number of rotatable bonds is 3. The third kappa shape index (κ3) is 2.19. The quantitative estimate of drug-likeness (QED) is 0.933. The summed E-state index contributed by atoms with van der Waals surface area (Å²) in [6, 6.07) is 8.76. The van der Waals surface area contributed by atoms with Crippen LogP contribution in [0.4, 0.5) is 0 Å². The minimum atomic E-state index is -0.186. The van der Waals surface area contributed by atoms with Crippen molar-refractivity contribution in [3.8, 4) is 0 Å². The van der Waals surface area contributed by atoms with E-state index in [0.29, 0.717) is 5.91 Å². The summed E-state index contributed by atoms with van der Waals surface area (Å²) in [5.74, 6) is 0.332. The first-order valence-corrected chi connectivity index (χ1v) is 8.60. The molecule has 1 aromatic rings. The molecule has 1 heterocycles. The van der Waals surface area contributed by atoms with Crippen molar-refractivity contribution in [2.75, 3.05) is 6.54 Å². The number of hydrogen-bond acceptors (Lipinski definition) is 2. The van der Waals surface area contributed by atoms with E-state index in [-0.39, 0.29) is 22.9 Å². The van der Waals surface area contributed by atoms with Crippen LogP contribution in [0.2, 0.25) is 0 Å². The lowest BCUT2D eigenvalue weighted by Crippen LogP contribution is -2.78. The zero-order valence-electron chi connectivity index (χ0n) is 13.9. The molecule has 0 radical (unpaired) electrons. The van der Waals surface area contributed by atoms with Crippen LogP contribution in [0.1, 0.15) is 56.2 Å². The normalized spacial score (nSPS) is 34.5. The van der Waals surface area contributed by atoms with Crippen LogP contribution in [0.15, 0.2) is 24.3 Å². The molecule has 3 aliphatic carbocycles. The van der Waals surface area contributed by atoms with Crippen LogP contribution in [-0.2, 0) is 9.59 Å². The van der Waals surface area contributed by atoms with Crippen molar-refractivity contribution >= 4 is 11.8 Å². The molecule has 5 rings (SSSR count). The van der Waals surface area contributed by atoms with Crippen molar-refractivity contribution in [2.45, 2.75) is 57.5 Å².